The fraction of sp³-hybridized carbons (Fsp3) is 0.909. The molecule has 2 atom stereocenters. The van der Waals surface area contributed by atoms with Gasteiger partial charge in [0.25, 0.3) is 10.2 Å². The average Bonchev–Trinajstić information content (AvgIpc) is 3.03. The van der Waals surface area contributed by atoms with Crippen molar-refractivity contribution in [1.29, 1.82) is 0 Å². The second-order valence-corrected chi connectivity index (χ2v) is 6.47. The summed E-state index contributed by atoms with van der Waals surface area (Å²) in [5, 5.41) is 0. The van der Waals surface area contributed by atoms with Crippen LogP contribution in [-0.2, 0) is 19.7 Å². The van der Waals surface area contributed by atoms with Crippen molar-refractivity contribution < 1.29 is 17.9 Å². The lowest BCUT2D eigenvalue weighted by atomic mass is 10.2. The molecule has 1 N–H and O–H groups in total. The van der Waals surface area contributed by atoms with Gasteiger partial charge in [-0.2, -0.15) is 17.4 Å². The summed E-state index contributed by atoms with van der Waals surface area (Å²) >= 11 is 0. The zero-order valence-electron chi connectivity index (χ0n) is 11.2. The van der Waals surface area contributed by atoms with Crippen molar-refractivity contribution in [2.75, 3.05) is 20.7 Å². The Hall–Kier alpha value is -0.660. The average molecular weight is 278 g/mol. The molecule has 7 heteroatoms. The van der Waals surface area contributed by atoms with Gasteiger partial charge in [0.15, 0.2) is 0 Å². The number of rotatable bonds is 8. The first-order valence-corrected chi connectivity index (χ1v) is 7.65. The maximum Gasteiger partial charge on any atom is 0.306 e. The summed E-state index contributed by atoms with van der Waals surface area (Å²) in [5.41, 5.74) is 0. The van der Waals surface area contributed by atoms with E-state index >= 15 is 0 Å². The molecule has 1 aliphatic rings. The fourth-order valence-corrected chi connectivity index (χ4v) is 3.02. The van der Waals surface area contributed by atoms with Crippen molar-refractivity contribution in [3.63, 3.8) is 0 Å². The topological polar surface area (TPSA) is 75.7 Å². The quantitative estimate of drug-likeness (QED) is 0.656. The van der Waals surface area contributed by atoms with Gasteiger partial charge in [-0.25, -0.2) is 0 Å². The molecule has 1 aliphatic carbocycles. The molecule has 0 aliphatic heterocycles. The summed E-state index contributed by atoms with van der Waals surface area (Å²) in [6, 6.07) is 0.0653. The Morgan fingerprint density at radius 2 is 2.17 bits per heavy atom. The Balaban J connectivity index is 2.37. The molecule has 0 aromatic carbocycles. The molecule has 0 saturated heterocycles. The van der Waals surface area contributed by atoms with Crippen LogP contribution in [0.2, 0.25) is 0 Å². The molecule has 0 aromatic heterocycles. The molecule has 1 saturated carbocycles. The monoisotopic (exact) mass is 278 g/mol. The number of carbonyl (C=O) groups excluding carboxylic acids is 1. The SMILES string of the molecule is CCCC1CC1NS(=O)(=O)N(C)CCC(=O)OC. The van der Waals surface area contributed by atoms with E-state index < -0.39 is 16.2 Å². The Morgan fingerprint density at radius 1 is 1.50 bits per heavy atom. The van der Waals surface area contributed by atoms with E-state index in [0.717, 1.165) is 23.6 Å². The van der Waals surface area contributed by atoms with E-state index in [1.165, 1.54) is 14.2 Å². The van der Waals surface area contributed by atoms with Crippen LogP contribution in [0.15, 0.2) is 0 Å². The summed E-state index contributed by atoms with van der Waals surface area (Å²) in [6.45, 7) is 2.22. The number of ether oxygens (including phenoxy) is 1. The highest BCUT2D eigenvalue weighted by molar-refractivity contribution is 7.87. The molecule has 0 amide bonds. The molecule has 1 rings (SSSR count). The lowest BCUT2D eigenvalue weighted by molar-refractivity contribution is -0.140. The van der Waals surface area contributed by atoms with E-state index in [0.29, 0.717) is 5.92 Å². The number of carbonyl (C=O) groups is 1. The summed E-state index contributed by atoms with van der Waals surface area (Å²) in [6.07, 6.45) is 3.11. The highest BCUT2D eigenvalue weighted by Crippen LogP contribution is 2.35. The minimum Gasteiger partial charge on any atom is -0.469 e. The minimum atomic E-state index is -3.48. The largest absolute Gasteiger partial charge is 0.469 e. The summed E-state index contributed by atoms with van der Waals surface area (Å²) < 4.78 is 32.1. The second kappa shape index (κ2) is 6.49. The van der Waals surface area contributed by atoms with Gasteiger partial charge >= 0.3 is 5.97 Å². The van der Waals surface area contributed by atoms with E-state index in [1.54, 1.807) is 0 Å². The molecular formula is C11H22N2O4S. The maximum atomic E-state index is 11.9. The third kappa shape index (κ3) is 4.55. The van der Waals surface area contributed by atoms with Crippen LogP contribution in [0.1, 0.15) is 32.6 Å². The van der Waals surface area contributed by atoms with Gasteiger partial charge in [0.2, 0.25) is 0 Å². The number of nitrogens with zero attached hydrogens (tertiary/aromatic N) is 1. The van der Waals surface area contributed by atoms with Crippen LogP contribution in [0.5, 0.6) is 0 Å². The third-order valence-corrected chi connectivity index (χ3v) is 4.75. The number of esters is 1. The molecule has 6 nitrogen and oxygen atoms in total. The number of methoxy groups -OCH3 is 1. The van der Waals surface area contributed by atoms with Crippen molar-refractivity contribution in [3.05, 3.63) is 0 Å². The van der Waals surface area contributed by atoms with Crippen LogP contribution in [0.4, 0.5) is 0 Å². The van der Waals surface area contributed by atoms with Crippen LogP contribution in [0, 0.1) is 5.92 Å². The third-order valence-electron chi connectivity index (χ3n) is 3.15. The van der Waals surface area contributed by atoms with E-state index in [1.807, 2.05) is 0 Å². The van der Waals surface area contributed by atoms with Crippen LogP contribution < -0.4 is 4.72 Å². The first-order valence-electron chi connectivity index (χ1n) is 6.21. The number of nitrogens with one attached hydrogen (secondary N) is 1. The van der Waals surface area contributed by atoms with Gasteiger partial charge < -0.3 is 4.74 Å². The number of hydrogen-bond donors (Lipinski definition) is 1. The maximum absolute atomic E-state index is 11.9. The highest BCUT2D eigenvalue weighted by atomic mass is 32.2. The molecule has 18 heavy (non-hydrogen) atoms. The van der Waals surface area contributed by atoms with Crippen molar-refractivity contribution in [2.24, 2.45) is 5.92 Å². The van der Waals surface area contributed by atoms with E-state index in [-0.39, 0.29) is 19.0 Å². The predicted octanol–water partition coefficient (Wildman–Crippen LogP) is 0.504. The van der Waals surface area contributed by atoms with Gasteiger partial charge in [0.05, 0.1) is 13.5 Å². The second-order valence-electron chi connectivity index (χ2n) is 4.66. The van der Waals surface area contributed by atoms with E-state index in [4.69, 9.17) is 0 Å². The van der Waals surface area contributed by atoms with Gasteiger partial charge in [-0.05, 0) is 18.8 Å². The van der Waals surface area contributed by atoms with Crippen LogP contribution >= 0.6 is 0 Å². The molecule has 0 radical (unpaired) electrons. The van der Waals surface area contributed by atoms with Crippen molar-refractivity contribution in [2.45, 2.75) is 38.6 Å². The molecule has 106 valence electrons. The smallest absolute Gasteiger partial charge is 0.306 e. The van der Waals surface area contributed by atoms with Crippen LogP contribution in [0.3, 0.4) is 0 Å². The van der Waals surface area contributed by atoms with Gasteiger partial charge in [-0.3, -0.25) is 4.79 Å². The Labute approximate surface area is 109 Å². The Bertz CT molecular complexity index is 383. The molecule has 0 aromatic rings. The molecule has 1 fully saturated rings. The number of hydrogen-bond acceptors (Lipinski definition) is 4. The first kappa shape index (κ1) is 15.4. The molecular weight excluding hydrogens is 256 g/mol. The molecule has 0 spiro atoms. The fourth-order valence-electron chi connectivity index (χ4n) is 1.83. The van der Waals surface area contributed by atoms with Gasteiger partial charge in [0.1, 0.15) is 0 Å². The van der Waals surface area contributed by atoms with Crippen molar-refractivity contribution in [3.8, 4) is 0 Å². The highest BCUT2D eigenvalue weighted by Gasteiger charge is 2.39. The van der Waals surface area contributed by atoms with Crippen LogP contribution in [0.25, 0.3) is 0 Å². The lowest BCUT2D eigenvalue weighted by Crippen LogP contribution is -2.40. The molecule has 0 heterocycles. The minimum absolute atomic E-state index is 0.0653. The lowest BCUT2D eigenvalue weighted by Gasteiger charge is -2.17. The zero-order chi connectivity index (χ0) is 13.8. The molecule has 0 bridgehead atoms. The zero-order valence-corrected chi connectivity index (χ0v) is 12.0. The Morgan fingerprint density at radius 3 is 2.72 bits per heavy atom. The van der Waals surface area contributed by atoms with Crippen LogP contribution in [-0.4, -0.2) is 45.4 Å². The van der Waals surface area contributed by atoms with E-state index in [9.17, 15) is 13.2 Å². The Kier molecular flexibility index (Phi) is 5.55. The first-order chi connectivity index (χ1) is 8.40. The van der Waals surface area contributed by atoms with Gasteiger partial charge in [-0.1, -0.05) is 13.3 Å². The van der Waals surface area contributed by atoms with Gasteiger partial charge in [-0.15, -0.1) is 0 Å². The van der Waals surface area contributed by atoms with Crippen molar-refractivity contribution >= 4 is 16.2 Å². The normalized spacial score (nSPS) is 23.1. The standard InChI is InChI=1S/C11H22N2O4S/c1-4-5-9-8-10(9)12-18(15,16)13(2)7-6-11(14)17-3/h9-10,12H,4-8H2,1-3H3. The predicted molar refractivity (Wildman–Crippen MR) is 68.1 cm³/mol. The summed E-state index contributed by atoms with van der Waals surface area (Å²) in [4.78, 5) is 11.0. The van der Waals surface area contributed by atoms with E-state index in [2.05, 4.69) is 16.4 Å². The van der Waals surface area contributed by atoms with Gasteiger partial charge in [0, 0.05) is 19.6 Å². The summed E-state index contributed by atoms with van der Waals surface area (Å²) in [5.74, 6) is 0.0612. The van der Waals surface area contributed by atoms with Crippen molar-refractivity contribution in [1.82, 2.24) is 9.03 Å². The molecule has 2 unspecified atom stereocenters. The summed E-state index contributed by atoms with van der Waals surface area (Å²) in [7, 11) is -0.729.